The fraction of sp³-hybridized carbons (Fsp3) is 0.476. The molecule has 1 aliphatic heterocycles. The highest BCUT2D eigenvalue weighted by Crippen LogP contribution is 2.37. The molecule has 4 rings (SSSR count). The summed E-state index contributed by atoms with van der Waals surface area (Å²) in [5.74, 6) is 0.289. The van der Waals surface area contributed by atoms with Crippen LogP contribution < -0.4 is 5.56 Å². The lowest BCUT2D eigenvalue weighted by Crippen LogP contribution is -2.30. The summed E-state index contributed by atoms with van der Waals surface area (Å²) in [6, 6.07) is 7.14. The van der Waals surface area contributed by atoms with Gasteiger partial charge in [0.15, 0.2) is 10.9 Å². The summed E-state index contributed by atoms with van der Waals surface area (Å²) in [5, 5.41) is 1.70. The first kappa shape index (κ1) is 20.0. The molecule has 2 heterocycles. The molecule has 1 aliphatic carbocycles. The number of rotatable bonds is 5. The molecule has 2 aliphatic rings. The Morgan fingerprint density at radius 3 is 2.68 bits per heavy atom. The van der Waals surface area contributed by atoms with Crippen molar-refractivity contribution in [2.75, 3.05) is 5.75 Å². The normalized spacial score (nSPS) is 19.6. The Labute approximate surface area is 178 Å². The Hall–Kier alpha value is -1.24. The van der Waals surface area contributed by atoms with E-state index in [0.717, 1.165) is 42.7 Å². The zero-order valence-corrected chi connectivity index (χ0v) is 18.2. The van der Waals surface area contributed by atoms with Gasteiger partial charge in [-0.3, -0.25) is 14.2 Å². The number of hydrogen-bond acceptors (Lipinski definition) is 5. The van der Waals surface area contributed by atoms with E-state index >= 15 is 0 Å². The average Bonchev–Trinajstić information content (AvgIpc) is 3.08. The number of halogens is 1. The number of thioether (sulfide) groups is 2. The number of aromatic nitrogens is 2. The van der Waals surface area contributed by atoms with Crippen LogP contribution >= 0.6 is 35.1 Å². The molecule has 1 unspecified atom stereocenters. The van der Waals surface area contributed by atoms with Gasteiger partial charge in [-0.25, -0.2) is 4.98 Å². The molecule has 0 saturated heterocycles. The van der Waals surface area contributed by atoms with E-state index in [9.17, 15) is 9.59 Å². The van der Waals surface area contributed by atoms with E-state index in [2.05, 4.69) is 6.92 Å². The highest BCUT2D eigenvalue weighted by Gasteiger charge is 2.29. The molecule has 0 spiro atoms. The van der Waals surface area contributed by atoms with Crippen LogP contribution in [0.2, 0.25) is 5.02 Å². The van der Waals surface area contributed by atoms with E-state index in [1.165, 1.54) is 18.2 Å². The molecule has 0 amide bonds. The first-order valence-electron chi connectivity index (χ1n) is 9.76. The predicted molar refractivity (Wildman–Crippen MR) is 116 cm³/mol. The van der Waals surface area contributed by atoms with Gasteiger partial charge in [-0.2, -0.15) is 0 Å². The molecular formula is C21H23ClN2O2S2. The SMILES string of the molecule is CC1Cc2nc(SCC(=O)c3ccc(Cl)cc3)n(C3CCCCC3)c(=O)c2S1. The number of hydrogen-bond donors (Lipinski definition) is 0. The van der Waals surface area contributed by atoms with Crippen molar-refractivity contribution in [3.05, 3.63) is 50.9 Å². The Morgan fingerprint density at radius 2 is 1.96 bits per heavy atom. The van der Waals surface area contributed by atoms with E-state index in [1.54, 1.807) is 36.0 Å². The summed E-state index contributed by atoms with van der Waals surface area (Å²) in [5.41, 5.74) is 1.62. The minimum atomic E-state index is 0.0225. The maximum atomic E-state index is 13.3. The summed E-state index contributed by atoms with van der Waals surface area (Å²) in [7, 11) is 0. The van der Waals surface area contributed by atoms with Crippen LogP contribution in [0, 0.1) is 0 Å². The van der Waals surface area contributed by atoms with Gasteiger partial charge in [-0.05, 0) is 37.1 Å². The number of nitrogens with zero attached hydrogens (tertiary/aromatic N) is 2. The van der Waals surface area contributed by atoms with Gasteiger partial charge in [-0.15, -0.1) is 11.8 Å². The number of ketones is 1. The molecule has 0 bridgehead atoms. The molecule has 1 saturated carbocycles. The highest BCUT2D eigenvalue weighted by molar-refractivity contribution is 8.00. The quantitative estimate of drug-likeness (QED) is 0.357. The fourth-order valence-corrected chi connectivity index (χ4v) is 6.13. The van der Waals surface area contributed by atoms with Gasteiger partial charge >= 0.3 is 0 Å². The van der Waals surface area contributed by atoms with Crippen LogP contribution in [0.4, 0.5) is 0 Å². The lowest BCUT2D eigenvalue weighted by Gasteiger charge is -2.26. The monoisotopic (exact) mass is 434 g/mol. The van der Waals surface area contributed by atoms with Crippen molar-refractivity contribution < 1.29 is 4.79 Å². The van der Waals surface area contributed by atoms with Gasteiger partial charge in [0.25, 0.3) is 5.56 Å². The third-order valence-electron chi connectivity index (χ3n) is 5.35. The molecule has 1 aromatic heterocycles. The molecule has 2 aromatic rings. The topological polar surface area (TPSA) is 52.0 Å². The number of carbonyl (C=O) groups is 1. The van der Waals surface area contributed by atoms with Gasteiger partial charge in [0.1, 0.15) is 0 Å². The zero-order valence-electron chi connectivity index (χ0n) is 15.8. The minimum absolute atomic E-state index is 0.0225. The van der Waals surface area contributed by atoms with Crippen molar-refractivity contribution in [2.24, 2.45) is 0 Å². The van der Waals surface area contributed by atoms with E-state index in [-0.39, 0.29) is 23.1 Å². The van der Waals surface area contributed by atoms with Crippen LogP contribution in [0.5, 0.6) is 0 Å². The second kappa shape index (κ2) is 8.64. The van der Waals surface area contributed by atoms with Crippen LogP contribution in [0.25, 0.3) is 0 Å². The van der Waals surface area contributed by atoms with Gasteiger partial charge in [-0.1, -0.05) is 49.5 Å². The second-order valence-electron chi connectivity index (χ2n) is 7.49. The van der Waals surface area contributed by atoms with E-state index in [1.807, 2.05) is 4.57 Å². The number of fused-ring (bicyclic) bond motifs is 1. The van der Waals surface area contributed by atoms with E-state index in [4.69, 9.17) is 16.6 Å². The van der Waals surface area contributed by atoms with Crippen LogP contribution in [0.1, 0.15) is 61.1 Å². The van der Waals surface area contributed by atoms with Crippen molar-refractivity contribution in [3.63, 3.8) is 0 Å². The maximum absolute atomic E-state index is 13.3. The second-order valence-corrected chi connectivity index (χ2v) is 10.3. The zero-order chi connectivity index (χ0) is 19.7. The molecular weight excluding hydrogens is 412 g/mol. The summed E-state index contributed by atoms with van der Waals surface area (Å²) >= 11 is 8.94. The number of Topliss-reactive ketones (excluding diaryl/α,β-unsaturated/α-hetero) is 1. The largest absolute Gasteiger partial charge is 0.293 e. The standard InChI is InChI=1S/C21H23ClN2O2S2/c1-13-11-17-19(28-13)20(26)24(16-5-3-2-4-6-16)21(23-17)27-12-18(25)14-7-9-15(22)10-8-14/h7-10,13,16H,2-6,11-12H2,1H3. The Balaban J connectivity index is 1.62. The Morgan fingerprint density at radius 1 is 1.25 bits per heavy atom. The van der Waals surface area contributed by atoms with Gasteiger partial charge in [0.05, 0.1) is 16.3 Å². The fourth-order valence-electron chi connectivity index (χ4n) is 3.92. The predicted octanol–water partition coefficient (Wildman–Crippen LogP) is 5.41. The third-order valence-corrected chi connectivity index (χ3v) is 7.77. The van der Waals surface area contributed by atoms with Crippen LogP contribution in [-0.4, -0.2) is 26.3 Å². The smallest absolute Gasteiger partial charge is 0.268 e. The molecule has 0 radical (unpaired) electrons. The summed E-state index contributed by atoms with van der Waals surface area (Å²) in [6.07, 6.45) is 6.36. The van der Waals surface area contributed by atoms with Crippen molar-refractivity contribution in [1.29, 1.82) is 0 Å². The third kappa shape index (κ3) is 4.19. The van der Waals surface area contributed by atoms with Crippen molar-refractivity contribution in [2.45, 2.75) is 66.8 Å². The first-order chi connectivity index (χ1) is 13.5. The minimum Gasteiger partial charge on any atom is -0.293 e. The molecule has 0 N–H and O–H groups in total. The molecule has 1 aromatic carbocycles. The van der Waals surface area contributed by atoms with Gasteiger partial charge in [0.2, 0.25) is 0 Å². The Kier molecular flexibility index (Phi) is 6.18. The van der Waals surface area contributed by atoms with Gasteiger partial charge in [0, 0.05) is 28.3 Å². The summed E-state index contributed by atoms with van der Waals surface area (Å²) in [4.78, 5) is 31.5. The highest BCUT2D eigenvalue weighted by atomic mass is 35.5. The molecule has 1 atom stereocenters. The van der Waals surface area contributed by atoms with Crippen molar-refractivity contribution in [3.8, 4) is 0 Å². The Bertz CT molecular complexity index is 937. The summed E-state index contributed by atoms with van der Waals surface area (Å²) in [6.45, 7) is 2.13. The van der Waals surface area contributed by atoms with Crippen LogP contribution in [-0.2, 0) is 6.42 Å². The molecule has 1 fully saturated rings. The van der Waals surface area contributed by atoms with Crippen LogP contribution in [0.15, 0.2) is 39.1 Å². The van der Waals surface area contributed by atoms with E-state index in [0.29, 0.717) is 21.0 Å². The van der Waals surface area contributed by atoms with Crippen molar-refractivity contribution >= 4 is 40.9 Å². The average molecular weight is 435 g/mol. The first-order valence-corrected chi connectivity index (χ1v) is 12.0. The van der Waals surface area contributed by atoms with E-state index < -0.39 is 0 Å². The summed E-state index contributed by atoms with van der Waals surface area (Å²) < 4.78 is 1.89. The lowest BCUT2D eigenvalue weighted by molar-refractivity contribution is 0.102. The number of carbonyl (C=O) groups excluding carboxylic acids is 1. The van der Waals surface area contributed by atoms with Crippen molar-refractivity contribution in [1.82, 2.24) is 9.55 Å². The van der Waals surface area contributed by atoms with Gasteiger partial charge < -0.3 is 0 Å². The van der Waals surface area contributed by atoms with Crippen LogP contribution in [0.3, 0.4) is 0 Å². The molecule has 28 heavy (non-hydrogen) atoms. The maximum Gasteiger partial charge on any atom is 0.268 e. The molecule has 148 valence electrons. The molecule has 4 nitrogen and oxygen atoms in total. The lowest BCUT2D eigenvalue weighted by atomic mass is 9.95. The molecule has 7 heteroatoms. The number of benzene rings is 1.